The molecule has 2 aromatic carbocycles. The molecule has 0 bridgehead atoms. The minimum absolute atomic E-state index is 0.151. The van der Waals surface area contributed by atoms with Gasteiger partial charge in [0.1, 0.15) is 11.9 Å². The van der Waals surface area contributed by atoms with Gasteiger partial charge in [-0.05, 0) is 54.2 Å². The number of nitrogens with zero attached hydrogens (tertiary/aromatic N) is 2. The Morgan fingerprint density at radius 2 is 1.90 bits per heavy atom. The molecule has 2 amide bonds. The Balaban J connectivity index is 1.62. The van der Waals surface area contributed by atoms with E-state index in [9.17, 15) is 9.59 Å². The molecule has 1 aliphatic heterocycles. The number of likely N-dealkylation sites (tertiary alicyclic amines) is 1. The van der Waals surface area contributed by atoms with Gasteiger partial charge in [-0.2, -0.15) is 0 Å². The highest BCUT2D eigenvalue weighted by Crippen LogP contribution is 2.33. The van der Waals surface area contributed by atoms with E-state index in [2.05, 4.69) is 10.3 Å². The highest BCUT2D eigenvalue weighted by Gasteiger charge is 2.37. The van der Waals surface area contributed by atoms with Crippen LogP contribution in [0.3, 0.4) is 0 Å². The van der Waals surface area contributed by atoms with Gasteiger partial charge in [0.2, 0.25) is 5.91 Å². The van der Waals surface area contributed by atoms with Gasteiger partial charge >= 0.3 is 6.09 Å². The summed E-state index contributed by atoms with van der Waals surface area (Å²) < 4.78 is 0. The summed E-state index contributed by atoms with van der Waals surface area (Å²) in [6.07, 6.45) is 0.441. The lowest BCUT2D eigenvalue weighted by molar-refractivity contribution is -0.135. The third-order valence-electron chi connectivity index (χ3n) is 5.74. The number of benzene rings is 2. The number of rotatable bonds is 5. The van der Waals surface area contributed by atoms with Crippen molar-refractivity contribution in [2.75, 3.05) is 6.54 Å². The molecule has 0 spiro atoms. The van der Waals surface area contributed by atoms with Crippen molar-refractivity contribution in [1.82, 2.24) is 20.2 Å². The van der Waals surface area contributed by atoms with Crippen LogP contribution in [0.1, 0.15) is 38.6 Å². The summed E-state index contributed by atoms with van der Waals surface area (Å²) in [6, 6.07) is 12.7. The first-order chi connectivity index (χ1) is 14.8. The van der Waals surface area contributed by atoms with Crippen molar-refractivity contribution in [3.05, 3.63) is 53.3 Å². The quantitative estimate of drug-likeness (QED) is 0.528. The molecule has 1 aromatic heterocycles. The van der Waals surface area contributed by atoms with Gasteiger partial charge in [-0.3, -0.25) is 4.79 Å². The van der Waals surface area contributed by atoms with Crippen LogP contribution in [0, 0.1) is 5.92 Å². The van der Waals surface area contributed by atoms with Crippen molar-refractivity contribution >= 4 is 34.6 Å². The van der Waals surface area contributed by atoms with E-state index in [1.807, 2.05) is 56.3 Å². The fraction of sp³-hybridized carbons (Fsp3) is 0.348. The first kappa shape index (κ1) is 21.2. The summed E-state index contributed by atoms with van der Waals surface area (Å²) in [5.41, 5.74) is 3.82. The molecule has 3 N–H and O–H groups in total. The number of carboxylic acid groups (broad SMARTS) is 1. The predicted octanol–water partition coefficient (Wildman–Crippen LogP) is 4.84. The van der Waals surface area contributed by atoms with E-state index in [0.29, 0.717) is 11.6 Å². The molecule has 2 atom stereocenters. The number of aromatic amines is 1. The van der Waals surface area contributed by atoms with Crippen LogP contribution >= 0.6 is 11.6 Å². The van der Waals surface area contributed by atoms with E-state index < -0.39 is 12.1 Å². The number of hydrogen-bond acceptors (Lipinski definition) is 3. The van der Waals surface area contributed by atoms with E-state index in [0.717, 1.165) is 40.8 Å². The van der Waals surface area contributed by atoms with Gasteiger partial charge < -0.3 is 20.3 Å². The molecular weight excluding hydrogens is 416 g/mol. The van der Waals surface area contributed by atoms with Gasteiger partial charge in [-0.25, -0.2) is 9.78 Å². The van der Waals surface area contributed by atoms with Gasteiger partial charge in [0, 0.05) is 11.6 Å². The molecule has 0 unspecified atom stereocenters. The Hall–Kier alpha value is -3.06. The van der Waals surface area contributed by atoms with E-state index in [1.165, 1.54) is 0 Å². The van der Waals surface area contributed by atoms with Crippen molar-refractivity contribution in [2.45, 2.75) is 38.8 Å². The predicted molar refractivity (Wildman–Crippen MR) is 120 cm³/mol. The van der Waals surface area contributed by atoms with Crippen LogP contribution in [0.15, 0.2) is 42.5 Å². The second-order valence-corrected chi connectivity index (χ2v) is 8.66. The van der Waals surface area contributed by atoms with Crippen LogP contribution in [-0.4, -0.2) is 44.6 Å². The number of amides is 2. The average molecular weight is 441 g/mol. The molecule has 1 fully saturated rings. The fourth-order valence-electron chi connectivity index (χ4n) is 4.15. The summed E-state index contributed by atoms with van der Waals surface area (Å²) in [5, 5.41) is 12.2. The minimum Gasteiger partial charge on any atom is -0.465 e. The standard InChI is InChI=1S/C23H25ClN4O3/c1-13(2)20(27-23(30)31)22(29)28-11-3-4-19(28)21-25-17-10-7-15(12-18(17)26-21)14-5-8-16(24)9-6-14/h5-10,12-13,19-20,27H,3-4,11H2,1-2H3,(H,25,26)(H,30,31)/t19-,20-/m0/s1. The molecule has 8 heteroatoms. The van der Waals surface area contributed by atoms with E-state index in [-0.39, 0.29) is 17.9 Å². The number of carbonyl (C=O) groups is 2. The molecule has 3 aromatic rings. The third kappa shape index (κ3) is 4.37. The van der Waals surface area contributed by atoms with Gasteiger partial charge in [0.05, 0.1) is 17.1 Å². The maximum Gasteiger partial charge on any atom is 0.405 e. The summed E-state index contributed by atoms with van der Waals surface area (Å²) in [6.45, 7) is 4.26. The second-order valence-electron chi connectivity index (χ2n) is 8.22. The topological polar surface area (TPSA) is 98.3 Å². The number of carbonyl (C=O) groups excluding carboxylic acids is 1. The Morgan fingerprint density at radius 3 is 2.58 bits per heavy atom. The van der Waals surface area contributed by atoms with Gasteiger partial charge in [-0.15, -0.1) is 0 Å². The zero-order valence-corrected chi connectivity index (χ0v) is 18.2. The summed E-state index contributed by atoms with van der Waals surface area (Å²) in [5.74, 6) is 0.372. The largest absolute Gasteiger partial charge is 0.465 e. The Bertz CT molecular complexity index is 1110. The van der Waals surface area contributed by atoms with Crippen LogP contribution in [0.2, 0.25) is 5.02 Å². The first-order valence-corrected chi connectivity index (χ1v) is 10.8. The highest BCUT2D eigenvalue weighted by molar-refractivity contribution is 6.30. The van der Waals surface area contributed by atoms with Crippen molar-refractivity contribution in [3.8, 4) is 11.1 Å². The number of aromatic nitrogens is 2. The Labute approximate surface area is 185 Å². The molecule has 7 nitrogen and oxygen atoms in total. The molecule has 0 aliphatic carbocycles. The van der Waals surface area contributed by atoms with Crippen LogP contribution in [0.25, 0.3) is 22.2 Å². The van der Waals surface area contributed by atoms with Crippen molar-refractivity contribution in [2.24, 2.45) is 5.92 Å². The molecule has 1 aliphatic rings. The summed E-state index contributed by atoms with van der Waals surface area (Å²) >= 11 is 5.99. The zero-order chi connectivity index (χ0) is 22.1. The van der Waals surface area contributed by atoms with E-state index in [4.69, 9.17) is 21.7 Å². The highest BCUT2D eigenvalue weighted by atomic mass is 35.5. The van der Waals surface area contributed by atoms with Crippen molar-refractivity contribution in [1.29, 1.82) is 0 Å². The zero-order valence-electron chi connectivity index (χ0n) is 17.4. The lowest BCUT2D eigenvalue weighted by Gasteiger charge is -2.29. The molecule has 162 valence electrons. The van der Waals surface area contributed by atoms with Gasteiger partial charge in [-0.1, -0.05) is 43.6 Å². The maximum absolute atomic E-state index is 13.1. The average Bonchev–Trinajstić information content (AvgIpc) is 3.38. The van der Waals surface area contributed by atoms with Crippen LogP contribution in [-0.2, 0) is 4.79 Å². The lowest BCUT2D eigenvalue weighted by atomic mass is 10.0. The molecule has 0 radical (unpaired) electrons. The monoisotopic (exact) mass is 440 g/mol. The molecule has 0 saturated carbocycles. The van der Waals surface area contributed by atoms with Crippen LogP contribution in [0.5, 0.6) is 0 Å². The molecular formula is C23H25ClN4O3. The SMILES string of the molecule is CC(C)[C@H](NC(=O)O)C(=O)N1CCC[C@H]1c1nc2ccc(-c3ccc(Cl)cc3)cc2[nH]1. The number of halogens is 1. The first-order valence-electron chi connectivity index (χ1n) is 10.4. The second kappa shape index (κ2) is 8.59. The van der Waals surface area contributed by atoms with E-state index in [1.54, 1.807) is 4.90 Å². The summed E-state index contributed by atoms with van der Waals surface area (Å²) in [7, 11) is 0. The summed E-state index contributed by atoms with van der Waals surface area (Å²) in [4.78, 5) is 34.2. The number of H-pyrrole nitrogens is 1. The van der Waals surface area contributed by atoms with Crippen molar-refractivity contribution in [3.63, 3.8) is 0 Å². The lowest BCUT2D eigenvalue weighted by Crippen LogP contribution is -2.50. The Morgan fingerprint density at radius 1 is 1.19 bits per heavy atom. The number of hydrogen-bond donors (Lipinski definition) is 3. The third-order valence-corrected chi connectivity index (χ3v) is 5.99. The Kier molecular flexibility index (Phi) is 5.87. The van der Waals surface area contributed by atoms with Crippen LogP contribution in [0.4, 0.5) is 4.79 Å². The normalized spacial score (nSPS) is 17.3. The molecule has 2 heterocycles. The molecule has 31 heavy (non-hydrogen) atoms. The smallest absolute Gasteiger partial charge is 0.405 e. The minimum atomic E-state index is -1.19. The van der Waals surface area contributed by atoms with Crippen molar-refractivity contribution < 1.29 is 14.7 Å². The number of nitrogens with one attached hydrogen (secondary N) is 2. The van der Waals surface area contributed by atoms with E-state index >= 15 is 0 Å². The van der Waals surface area contributed by atoms with Gasteiger partial charge in [0.25, 0.3) is 0 Å². The number of imidazole rings is 1. The van der Waals surface area contributed by atoms with Crippen LogP contribution < -0.4 is 5.32 Å². The maximum atomic E-state index is 13.1. The fourth-order valence-corrected chi connectivity index (χ4v) is 4.28. The molecule has 1 saturated heterocycles. The van der Waals surface area contributed by atoms with Gasteiger partial charge in [0.15, 0.2) is 0 Å². The number of fused-ring (bicyclic) bond motifs is 1. The molecule has 4 rings (SSSR count).